The third-order valence-corrected chi connectivity index (χ3v) is 2.83. The van der Waals surface area contributed by atoms with Gasteiger partial charge in [-0.2, -0.15) is 0 Å². The second-order valence-electron chi connectivity index (χ2n) is 4.63. The molecule has 1 aliphatic rings. The number of carbonyl (C=O) groups is 1. The molecule has 6 nitrogen and oxygen atoms in total. The summed E-state index contributed by atoms with van der Waals surface area (Å²) < 4.78 is 0. The number of hydrogen-bond donors (Lipinski definition) is 3. The summed E-state index contributed by atoms with van der Waals surface area (Å²) in [5, 5.41) is 16.7. The number of rotatable bonds is 5. The molecular formula is C12H19N5O. The highest BCUT2D eigenvalue weighted by Gasteiger charge is 2.23. The van der Waals surface area contributed by atoms with Crippen LogP contribution in [0, 0.1) is 0 Å². The number of nitrogens with one attached hydrogen (secondary N) is 3. The summed E-state index contributed by atoms with van der Waals surface area (Å²) in [5.74, 6) is 1.18. The van der Waals surface area contributed by atoms with Gasteiger partial charge >= 0.3 is 6.03 Å². The van der Waals surface area contributed by atoms with Gasteiger partial charge in [-0.15, -0.1) is 10.2 Å². The number of hydrogen-bond acceptors (Lipinski definition) is 4. The maximum absolute atomic E-state index is 11.5. The fraction of sp³-hybridized carbons (Fsp3) is 0.583. The van der Waals surface area contributed by atoms with Crippen LogP contribution in [0.25, 0.3) is 0 Å². The Labute approximate surface area is 107 Å². The first-order chi connectivity index (χ1) is 8.67. The van der Waals surface area contributed by atoms with Gasteiger partial charge in [-0.25, -0.2) is 4.79 Å². The van der Waals surface area contributed by atoms with Crippen molar-refractivity contribution >= 4 is 17.7 Å². The summed E-state index contributed by atoms with van der Waals surface area (Å²) in [4.78, 5) is 11.5. The van der Waals surface area contributed by atoms with E-state index in [4.69, 9.17) is 0 Å². The molecule has 0 aromatic carbocycles. The normalized spacial score (nSPS) is 15.9. The first kappa shape index (κ1) is 12.6. The lowest BCUT2D eigenvalue weighted by Crippen LogP contribution is -2.30. The van der Waals surface area contributed by atoms with Crippen molar-refractivity contribution in [2.24, 2.45) is 0 Å². The highest BCUT2D eigenvalue weighted by atomic mass is 16.2. The Hall–Kier alpha value is -1.85. The second-order valence-corrected chi connectivity index (χ2v) is 4.63. The number of anilines is 2. The number of urea groups is 1. The van der Waals surface area contributed by atoms with Gasteiger partial charge in [0.05, 0.1) is 0 Å². The molecule has 1 unspecified atom stereocenters. The van der Waals surface area contributed by atoms with Gasteiger partial charge in [-0.3, -0.25) is 5.32 Å². The molecule has 18 heavy (non-hydrogen) atoms. The van der Waals surface area contributed by atoms with Crippen LogP contribution in [0.2, 0.25) is 0 Å². The molecule has 1 aromatic rings. The van der Waals surface area contributed by atoms with Crippen LogP contribution in [-0.2, 0) is 0 Å². The second kappa shape index (κ2) is 5.66. The van der Waals surface area contributed by atoms with Gasteiger partial charge in [0, 0.05) is 12.1 Å². The van der Waals surface area contributed by atoms with Crippen LogP contribution >= 0.6 is 0 Å². The Kier molecular flexibility index (Phi) is 3.96. The van der Waals surface area contributed by atoms with Crippen molar-refractivity contribution in [1.29, 1.82) is 0 Å². The van der Waals surface area contributed by atoms with Gasteiger partial charge in [-0.05, 0) is 38.3 Å². The first-order valence-corrected chi connectivity index (χ1v) is 6.35. The van der Waals surface area contributed by atoms with Gasteiger partial charge in [0.2, 0.25) is 0 Å². The van der Waals surface area contributed by atoms with Crippen molar-refractivity contribution in [3.8, 4) is 0 Å². The third kappa shape index (κ3) is 3.87. The average Bonchev–Trinajstić information content (AvgIpc) is 3.15. The predicted octanol–water partition coefficient (Wildman–Crippen LogP) is 1.97. The van der Waals surface area contributed by atoms with Crippen LogP contribution in [0.15, 0.2) is 12.1 Å². The molecule has 2 amide bonds. The maximum atomic E-state index is 11.5. The molecule has 1 aromatic heterocycles. The molecule has 6 heteroatoms. The molecule has 0 spiro atoms. The summed E-state index contributed by atoms with van der Waals surface area (Å²) in [6, 6.07) is 4.03. The van der Waals surface area contributed by atoms with E-state index in [1.165, 1.54) is 0 Å². The molecule has 1 heterocycles. The minimum atomic E-state index is -0.213. The molecule has 2 rings (SSSR count). The summed E-state index contributed by atoms with van der Waals surface area (Å²) >= 11 is 0. The molecule has 1 fully saturated rings. The van der Waals surface area contributed by atoms with Gasteiger partial charge in [0.1, 0.15) is 5.82 Å². The average molecular weight is 249 g/mol. The van der Waals surface area contributed by atoms with E-state index in [1.54, 1.807) is 6.07 Å². The minimum Gasteiger partial charge on any atom is -0.366 e. The lowest BCUT2D eigenvalue weighted by molar-refractivity contribution is 0.251. The van der Waals surface area contributed by atoms with Gasteiger partial charge in [0.25, 0.3) is 0 Å². The number of amides is 2. The van der Waals surface area contributed by atoms with E-state index >= 15 is 0 Å². The summed E-state index contributed by atoms with van der Waals surface area (Å²) in [6.45, 7) is 4.18. The van der Waals surface area contributed by atoms with E-state index in [0.717, 1.165) is 25.1 Å². The molecule has 0 bridgehead atoms. The van der Waals surface area contributed by atoms with Crippen LogP contribution < -0.4 is 16.0 Å². The zero-order valence-electron chi connectivity index (χ0n) is 10.7. The third-order valence-electron chi connectivity index (χ3n) is 2.83. The van der Waals surface area contributed by atoms with Crippen LogP contribution in [0.5, 0.6) is 0 Å². The summed E-state index contributed by atoms with van der Waals surface area (Å²) in [5.41, 5.74) is 0. The fourth-order valence-electron chi connectivity index (χ4n) is 1.40. The van der Waals surface area contributed by atoms with Crippen LogP contribution in [0.3, 0.4) is 0 Å². The Morgan fingerprint density at radius 2 is 2.06 bits per heavy atom. The van der Waals surface area contributed by atoms with Crippen molar-refractivity contribution in [3.63, 3.8) is 0 Å². The lowest BCUT2D eigenvalue weighted by atomic mass is 10.2. The fourth-order valence-corrected chi connectivity index (χ4v) is 1.40. The molecular weight excluding hydrogens is 230 g/mol. The van der Waals surface area contributed by atoms with Crippen molar-refractivity contribution < 1.29 is 4.79 Å². The van der Waals surface area contributed by atoms with Crippen molar-refractivity contribution in [3.05, 3.63) is 12.1 Å². The van der Waals surface area contributed by atoms with E-state index < -0.39 is 0 Å². The molecule has 0 radical (unpaired) electrons. The number of aromatic nitrogens is 2. The largest absolute Gasteiger partial charge is 0.366 e. The molecule has 0 saturated heterocycles. The number of carbonyl (C=O) groups excluding carboxylic acids is 1. The highest BCUT2D eigenvalue weighted by Crippen LogP contribution is 2.18. The van der Waals surface area contributed by atoms with E-state index in [2.05, 4.69) is 40.0 Å². The zero-order valence-corrected chi connectivity index (χ0v) is 10.7. The Morgan fingerprint density at radius 1 is 1.39 bits per heavy atom. The molecule has 1 aliphatic carbocycles. The Bertz CT molecular complexity index is 401. The molecule has 98 valence electrons. The molecule has 1 saturated carbocycles. The predicted molar refractivity (Wildman–Crippen MR) is 70.6 cm³/mol. The molecule has 0 aliphatic heterocycles. The monoisotopic (exact) mass is 249 g/mol. The van der Waals surface area contributed by atoms with E-state index in [9.17, 15) is 4.79 Å². The highest BCUT2D eigenvalue weighted by molar-refractivity contribution is 5.88. The smallest absolute Gasteiger partial charge is 0.320 e. The van der Waals surface area contributed by atoms with Crippen molar-refractivity contribution in [2.75, 3.05) is 10.6 Å². The summed E-state index contributed by atoms with van der Waals surface area (Å²) in [6.07, 6.45) is 3.15. The van der Waals surface area contributed by atoms with Gasteiger partial charge in [-0.1, -0.05) is 6.92 Å². The Morgan fingerprint density at radius 3 is 2.61 bits per heavy atom. The van der Waals surface area contributed by atoms with Gasteiger partial charge < -0.3 is 10.6 Å². The van der Waals surface area contributed by atoms with E-state index in [0.29, 0.717) is 17.9 Å². The van der Waals surface area contributed by atoms with Crippen LogP contribution in [0.1, 0.15) is 33.1 Å². The van der Waals surface area contributed by atoms with Gasteiger partial charge in [0.15, 0.2) is 5.82 Å². The topological polar surface area (TPSA) is 78.9 Å². The Balaban J connectivity index is 1.84. The lowest BCUT2D eigenvalue weighted by Gasteiger charge is -2.11. The SMILES string of the molecule is CCC(C)Nc1ccc(NC(=O)NC2CC2)nn1. The quantitative estimate of drug-likeness (QED) is 0.745. The zero-order chi connectivity index (χ0) is 13.0. The summed E-state index contributed by atoms with van der Waals surface area (Å²) in [7, 11) is 0. The minimum absolute atomic E-state index is 0.213. The number of nitrogens with zero attached hydrogens (tertiary/aromatic N) is 2. The van der Waals surface area contributed by atoms with Crippen LogP contribution in [0.4, 0.5) is 16.4 Å². The standard InChI is InChI=1S/C12H19N5O/c1-3-8(2)13-10-6-7-11(17-16-10)15-12(18)14-9-4-5-9/h6-9H,3-5H2,1-2H3,(H,13,16)(H2,14,15,17,18). The van der Waals surface area contributed by atoms with E-state index in [1.807, 2.05) is 6.07 Å². The van der Waals surface area contributed by atoms with E-state index in [-0.39, 0.29) is 6.03 Å². The molecule has 1 atom stereocenters. The molecule has 3 N–H and O–H groups in total. The van der Waals surface area contributed by atoms with Crippen molar-refractivity contribution in [1.82, 2.24) is 15.5 Å². The first-order valence-electron chi connectivity index (χ1n) is 6.35. The van der Waals surface area contributed by atoms with Crippen LogP contribution in [-0.4, -0.2) is 28.3 Å². The maximum Gasteiger partial charge on any atom is 0.320 e. The van der Waals surface area contributed by atoms with Crippen molar-refractivity contribution in [2.45, 2.75) is 45.2 Å².